The lowest BCUT2D eigenvalue weighted by molar-refractivity contribution is -0.900. The maximum absolute atomic E-state index is 14.1. The maximum Gasteiger partial charge on any atom is 0.275 e. The van der Waals surface area contributed by atoms with Crippen molar-refractivity contribution in [2.45, 2.75) is 103 Å². The second-order valence-electron chi connectivity index (χ2n) is 15.5. The third-order valence-corrected chi connectivity index (χ3v) is 9.80. The molecule has 53 heavy (non-hydrogen) atoms. The Balaban J connectivity index is 1.50. The Labute approximate surface area is 314 Å². The molecular formula is C41H60N5O7+. The minimum absolute atomic E-state index is 0.0252. The van der Waals surface area contributed by atoms with Gasteiger partial charge in [0.1, 0.15) is 36.8 Å². The highest BCUT2D eigenvalue weighted by Crippen LogP contribution is 2.29. The predicted octanol–water partition coefficient (Wildman–Crippen LogP) is 1.56. The topological polar surface area (TPSA) is 160 Å². The van der Waals surface area contributed by atoms with E-state index in [2.05, 4.69) is 21.3 Å². The van der Waals surface area contributed by atoms with Crippen molar-refractivity contribution in [2.24, 2.45) is 11.8 Å². The van der Waals surface area contributed by atoms with Gasteiger partial charge in [0, 0.05) is 0 Å². The zero-order valence-electron chi connectivity index (χ0n) is 32.1. The van der Waals surface area contributed by atoms with E-state index in [1.165, 1.54) is 0 Å². The molecule has 5 atom stereocenters. The molecule has 0 aromatic heterocycles. The van der Waals surface area contributed by atoms with Gasteiger partial charge < -0.3 is 35.6 Å². The predicted molar refractivity (Wildman–Crippen MR) is 202 cm³/mol. The molecule has 0 aliphatic carbocycles. The summed E-state index contributed by atoms with van der Waals surface area (Å²) in [6, 6.07) is 15.8. The average Bonchev–Trinajstić information content (AvgIpc) is 3.89. The number of hydrogen-bond donors (Lipinski definition) is 5. The third kappa shape index (κ3) is 14.0. The average molecular weight is 735 g/mol. The summed E-state index contributed by atoms with van der Waals surface area (Å²) in [6.45, 7) is 12.7. The van der Waals surface area contributed by atoms with E-state index in [0.717, 1.165) is 16.0 Å². The van der Waals surface area contributed by atoms with E-state index in [9.17, 15) is 24.0 Å². The van der Waals surface area contributed by atoms with E-state index in [1.54, 1.807) is 6.92 Å². The van der Waals surface area contributed by atoms with Crippen molar-refractivity contribution >= 4 is 29.4 Å². The first-order chi connectivity index (χ1) is 25.3. The van der Waals surface area contributed by atoms with Crippen LogP contribution in [0.4, 0.5) is 0 Å². The molecule has 2 heterocycles. The quantitative estimate of drug-likeness (QED) is 0.122. The lowest BCUT2D eigenvalue weighted by Crippen LogP contribution is -3.15. The highest BCUT2D eigenvalue weighted by atomic mass is 16.6. The first-order valence-corrected chi connectivity index (χ1v) is 19.2. The van der Waals surface area contributed by atoms with Crippen LogP contribution in [0.2, 0.25) is 0 Å². The number of aryl methyl sites for hydroxylation is 2. The molecule has 2 fully saturated rings. The minimum Gasteiger partial charge on any atom is -0.370 e. The Morgan fingerprint density at radius 2 is 1.09 bits per heavy atom. The maximum atomic E-state index is 14.1. The van der Waals surface area contributed by atoms with Gasteiger partial charge in [-0.2, -0.15) is 0 Å². The third-order valence-electron chi connectivity index (χ3n) is 9.80. The van der Waals surface area contributed by atoms with E-state index in [1.807, 2.05) is 88.4 Å². The first kappa shape index (κ1) is 41.6. The van der Waals surface area contributed by atoms with Gasteiger partial charge in [0.15, 0.2) is 12.3 Å². The van der Waals surface area contributed by atoms with Crippen LogP contribution < -0.4 is 26.2 Å². The summed E-state index contributed by atoms with van der Waals surface area (Å²) in [5, 5.41) is 11.7. The summed E-state index contributed by atoms with van der Waals surface area (Å²) < 4.78 is 10.8. The lowest BCUT2D eigenvalue weighted by atomic mass is 9.93. The van der Waals surface area contributed by atoms with Crippen LogP contribution in [0.1, 0.15) is 71.4 Å². The number of carbonyl (C=O) groups is 5. The van der Waals surface area contributed by atoms with Crippen LogP contribution in [-0.2, 0) is 46.3 Å². The fourth-order valence-corrected chi connectivity index (χ4v) is 6.60. The largest absolute Gasteiger partial charge is 0.370 e. The van der Waals surface area contributed by atoms with Crippen LogP contribution >= 0.6 is 0 Å². The smallest absolute Gasteiger partial charge is 0.275 e. The standard InChI is InChI=1S/C41H59N5O7/c1-28(2)24-34(37(48)41(5)27-53-41)44-39(50)33(19-17-31-14-10-7-11-15-31)43-40(51)35(25-29(3)4)45-38(49)32(18-16-30-12-8-6-9-13-30)42-36(47)26-46-20-22-52-23-21-46/h6-15,28-29,32-35H,16-27H2,1-5H3,(H,42,47)(H,43,51)(H,44,50)(H,45,49)/p+1/t32-,33-,34-,35-,41+/m0/s1. The summed E-state index contributed by atoms with van der Waals surface area (Å²) in [7, 11) is 0. The van der Waals surface area contributed by atoms with Crippen LogP contribution in [0, 0.1) is 11.8 Å². The van der Waals surface area contributed by atoms with Crippen molar-refractivity contribution in [3.63, 3.8) is 0 Å². The molecule has 2 saturated heterocycles. The van der Waals surface area contributed by atoms with E-state index in [4.69, 9.17) is 9.47 Å². The van der Waals surface area contributed by atoms with E-state index in [-0.39, 0.29) is 36.5 Å². The number of epoxide rings is 1. The Kier molecular flexibility index (Phi) is 16.0. The summed E-state index contributed by atoms with van der Waals surface area (Å²) in [5.74, 6) is -1.71. The zero-order chi connectivity index (χ0) is 38.4. The highest BCUT2D eigenvalue weighted by molar-refractivity contribution is 5.98. The number of Topliss-reactive ketones (excluding diaryl/α,β-unsaturated/α-hetero) is 1. The van der Waals surface area contributed by atoms with Gasteiger partial charge in [-0.15, -0.1) is 0 Å². The fourth-order valence-electron chi connectivity index (χ4n) is 6.60. The molecule has 4 rings (SSSR count). The molecule has 0 spiro atoms. The van der Waals surface area contributed by atoms with Crippen molar-refractivity contribution in [3.05, 3.63) is 71.8 Å². The molecule has 0 radical (unpaired) electrons. The van der Waals surface area contributed by atoms with Crippen LogP contribution in [0.5, 0.6) is 0 Å². The molecule has 12 nitrogen and oxygen atoms in total. The molecule has 2 aliphatic heterocycles. The monoisotopic (exact) mass is 734 g/mol. The number of benzene rings is 2. The van der Waals surface area contributed by atoms with Crippen molar-refractivity contribution in [1.29, 1.82) is 0 Å². The summed E-state index contributed by atoms with van der Waals surface area (Å²) >= 11 is 0. The Bertz CT molecular complexity index is 1490. The van der Waals surface area contributed by atoms with Gasteiger partial charge in [0.05, 0.1) is 25.9 Å². The highest BCUT2D eigenvalue weighted by Gasteiger charge is 2.50. The fraction of sp³-hybridized carbons (Fsp3) is 0.585. The van der Waals surface area contributed by atoms with Gasteiger partial charge in [0.2, 0.25) is 17.7 Å². The minimum atomic E-state index is -0.977. The first-order valence-electron chi connectivity index (χ1n) is 19.2. The number of ether oxygens (including phenoxy) is 2. The molecule has 2 aromatic carbocycles. The van der Waals surface area contributed by atoms with Crippen molar-refractivity contribution < 1.29 is 38.3 Å². The van der Waals surface area contributed by atoms with Crippen molar-refractivity contribution in [3.8, 4) is 0 Å². The summed E-state index contributed by atoms with van der Waals surface area (Å²) in [6.07, 6.45) is 2.41. The summed E-state index contributed by atoms with van der Waals surface area (Å²) in [4.78, 5) is 69.7. The molecule has 4 amide bonds. The molecule has 2 aliphatic rings. The molecule has 12 heteroatoms. The van der Waals surface area contributed by atoms with E-state index in [0.29, 0.717) is 65.0 Å². The zero-order valence-corrected chi connectivity index (χ0v) is 32.1. The molecule has 290 valence electrons. The van der Waals surface area contributed by atoms with Crippen LogP contribution in [-0.4, -0.2) is 98.6 Å². The van der Waals surface area contributed by atoms with Gasteiger partial charge in [-0.25, -0.2) is 0 Å². The Morgan fingerprint density at radius 3 is 1.58 bits per heavy atom. The van der Waals surface area contributed by atoms with Crippen LogP contribution in [0.25, 0.3) is 0 Å². The number of carbonyl (C=O) groups excluding carboxylic acids is 5. The Hall–Kier alpha value is -4.13. The number of amides is 4. The molecule has 0 bridgehead atoms. The normalized spacial score (nSPS) is 19.5. The SMILES string of the molecule is CC(C)C[C@H](NC(=O)[C@H](CCc1ccccc1)NC(=O)C[NH+]1CCOCC1)C(=O)N[C@@H](CCc1ccccc1)C(=O)N[C@@H](CC(C)C)C(=O)[C@@]1(C)CO1. The number of nitrogens with one attached hydrogen (secondary N) is 5. The Morgan fingerprint density at radius 1 is 0.660 bits per heavy atom. The van der Waals surface area contributed by atoms with Crippen LogP contribution in [0.3, 0.4) is 0 Å². The second kappa shape index (κ2) is 20.4. The number of quaternary nitrogens is 1. The van der Waals surface area contributed by atoms with Crippen molar-refractivity contribution in [2.75, 3.05) is 39.5 Å². The van der Waals surface area contributed by atoms with Gasteiger partial charge in [-0.3, -0.25) is 24.0 Å². The van der Waals surface area contributed by atoms with Gasteiger partial charge in [-0.1, -0.05) is 88.4 Å². The van der Waals surface area contributed by atoms with E-state index >= 15 is 0 Å². The second-order valence-corrected chi connectivity index (χ2v) is 15.5. The molecule has 0 saturated carbocycles. The molecule has 5 N–H and O–H groups in total. The molecular weight excluding hydrogens is 674 g/mol. The van der Waals surface area contributed by atoms with E-state index < -0.39 is 47.5 Å². The van der Waals surface area contributed by atoms with Gasteiger partial charge in [0.25, 0.3) is 5.91 Å². The number of ketones is 1. The van der Waals surface area contributed by atoms with Crippen LogP contribution in [0.15, 0.2) is 60.7 Å². The summed E-state index contributed by atoms with van der Waals surface area (Å²) in [5.41, 5.74) is 1.10. The number of hydrogen-bond acceptors (Lipinski definition) is 7. The van der Waals surface area contributed by atoms with Gasteiger partial charge >= 0.3 is 0 Å². The molecule has 0 unspecified atom stereocenters. The van der Waals surface area contributed by atoms with Crippen molar-refractivity contribution in [1.82, 2.24) is 21.3 Å². The van der Waals surface area contributed by atoms with Gasteiger partial charge in [-0.05, 0) is 68.4 Å². The number of morpholine rings is 1. The number of rotatable bonds is 21. The lowest BCUT2D eigenvalue weighted by Gasteiger charge is -2.28. The molecule has 2 aromatic rings.